The molecule has 2 N–H and O–H groups in total. The van der Waals surface area contributed by atoms with Crippen molar-refractivity contribution in [2.24, 2.45) is 10.7 Å². The lowest BCUT2D eigenvalue weighted by atomic mass is 10.4. The van der Waals surface area contributed by atoms with Crippen molar-refractivity contribution in [3.05, 3.63) is 24.3 Å². The Bertz CT molecular complexity index is 266. The number of rotatable bonds is 2. The second-order valence-corrected chi connectivity index (χ2v) is 2.70. The van der Waals surface area contributed by atoms with Crippen LogP contribution in [0.15, 0.2) is 23.6 Å². The molecule has 0 saturated carbocycles. The second-order valence-electron chi connectivity index (χ2n) is 2.70. The molecule has 1 rings (SSSR count). The monoisotopic (exact) mass is 164 g/mol. The van der Waals surface area contributed by atoms with Crippen molar-refractivity contribution in [2.75, 3.05) is 0 Å². The molecule has 0 aliphatic carbocycles. The molecule has 64 valence electrons. The molecular weight excluding hydrogens is 152 g/mol. The predicted octanol–water partition coefficient (Wildman–Crippen LogP) is 0.590. The lowest BCUT2D eigenvalue weighted by molar-refractivity contribution is 0.833. The highest BCUT2D eigenvalue weighted by molar-refractivity contribution is 5.95. The zero-order valence-corrected chi connectivity index (χ0v) is 7.23. The molecule has 4 nitrogen and oxygen atoms in total. The SMILES string of the molecule is CC(C)N=C(N)c1cnccn1. The topological polar surface area (TPSA) is 64.2 Å². The second kappa shape index (κ2) is 3.80. The number of aromatic nitrogens is 2. The van der Waals surface area contributed by atoms with Gasteiger partial charge in [0.05, 0.1) is 6.20 Å². The molecule has 1 heterocycles. The van der Waals surface area contributed by atoms with Gasteiger partial charge in [0.2, 0.25) is 0 Å². The first-order valence-electron chi connectivity index (χ1n) is 3.80. The van der Waals surface area contributed by atoms with Crippen LogP contribution >= 0.6 is 0 Å². The third-order valence-electron chi connectivity index (χ3n) is 1.22. The van der Waals surface area contributed by atoms with E-state index in [4.69, 9.17) is 5.73 Å². The molecule has 0 aromatic carbocycles. The summed E-state index contributed by atoms with van der Waals surface area (Å²) in [4.78, 5) is 12.0. The summed E-state index contributed by atoms with van der Waals surface area (Å²) in [5.41, 5.74) is 6.27. The number of aliphatic imine (C=N–C) groups is 1. The van der Waals surface area contributed by atoms with Crippen LogP contribution in [-0.2, 0) is 0 Å². The van der Waals surface area contributed by atoms with Gasteiger partial charge in [0.1, 0.15) is 11.5 Å². The van der Waals surface area contributed by atoms with Gasteiger partial charge in [-0.15, -0.1) is 0 Å². The largest absolute Gasteiger partial charge is 0.382 e. The Balaban J connectivity index is 2.85. The Kier molecular flexibility index (Phi) is 2.74. The maximum atomic E-state index is 5.64. The fourth-order valence-electron chi connectivity index (χ4n) is 0.776. The van der Waals surface area contributed by atoms with Gasteiger partial charge >= 0.3 is 0 Å². The van der Waals surface area contributed by atoms with Crippen molar-refractivity contribution >= 4 is 5.84 Å². The molecule has 0 aliphatic rings. The van der Waals surface area contributed by atoms with Crippen LogP contribution in [0.5, 0.6) is 0 Å². The summed E-state index contributed by atoms with van der Waals surface area (Å²) in [7, 11) is 0. The third kappa shape index (κ3) is 2.30. The van der Waals surface area contributed by atoms with Gasteiger partial charge in [-0.25, -0.2) is 4.98 Å². The van der Waals surface area contributed by atoms with Crippen molar-refractivity contribution < 1.29 is 0 Å². The van der Waals surface area contributed by atoms with Crippen molar-refractivity contribution in [2.45, 2.75) is 19.9 Å². The molecule has 0 atom stereocenters. The van der Waals surface area contributed by atoms with Gasteiger partial charge in [-0.1, -0.05) is 0 Å². The molecule has 0 bridgehead atoms. The van der Waals surface area contributed by atoms with Gasteiger partial charge in [-0.2, -0.15) is 0 Å². The van der Waals surface area contributed by atoms with E-state index in [-0.39, 0.29) is 6.04 Å². The van der Waals surface area contributed by atoms with E-state index >= 15 is 0 Å². The summed E-state index contributed by atoms with van der Waals surface area (Å²) in [6.45, 7) is 3.92. The average Bonchev–Trinajstić information content (AvgIpc) is 2.05. The van der Waals surface area contributed by atoms with E-state index in [1.54, 1.807) is 18.6 Å². The first-order valence-corrected chi connectivity index (χ1v) is 3.80. The van der Waals surface area contributed by atoms with E-state index in [1.165, 1.54) is 0 Å². The predicted molar refractivity (Wildman–Crippen MR) is 47.9 cm³/mol. The molecular formula is C8H12N4. The third-order valence-corrected chi connectivity index (χ3v) is 1.22. The summed E-state index contributed by atoms with van der Waals surface area (Å²) in [5, 5.41) is 0. The lowest BCUT2D eigenvalue weighted by Gasteiger charge is -2.00. The van der Waals surface area contributed by atoms with Crippen molar-refractivity contribution in [1.29, 1.82) is 0 Å². The molecule has 4 heteroatoms. The maximum absolute atomic E-state index is 5.64. The Labute approximate surface area is 71.6 Å². The number of hydrogen-bond acceptors (Lipinski definition) is 3. The smallest absolute Gasteiger partial charge is 0.146 e. The maximum Gasteiger partial charge on any atom is 0.146 e. The van der Waals surface area contributed by atoms with E-state index in [0.29, 0.717) is 11.5 Å². The van der Waals surface area contributed by atoms with Crippen molar-refractivity contribution in [3.8, 4) is 0 Å². The number of amidine groups is 1. The van der Waals surface area contributed by atoms with E-state index in [9.17, 15) is 0 Å². The van der Waals surface area contributed by atoms with Gasteiger partial charge in [0, 0.05) is 18.4 Å². The van der Waals surface area contributed by atoms with E-state index in [2.05, 4.69) is 15.0 Å². The summed E-state index contributed by atoms with van der Waals surface area (Å²) in [5.74, 6) is 0.443. The molecule has 0 radical (unpaired) electrons. The molecule has 0 saturated heterocycles. The lowest BCUT2D eigenvalue weighted by Crippen LogP contribution is -2.17. The van der Waals surface area contributed by atoms with Crippen LogP contribution in [0.25, 0.3) is 0 Å². The molecule has 0 spiro atoms. The molecule has 0 aliphatic heterocycles. The quantitative estimate of drug-likeness (QED) is 0.514. The number of nitrogens with zero attached hydrogens (tertiary/aromatic N) is 3. The van der Waals surface area contributed by atoms with Crippen LogP contribution in [-0.4, -0.2) is 21.8 Å². The Morgan fingerprint density at radius 3 is 2.75 bits per heavy atom. The van der Waals surface area contributed by atoms with Crippen LogP contribution in [0.1, 0.15) is 19.5 Å². The minimum Gasteiger partial charge on any atom is -0.382 e. The van der Waals surface area contributed by atoms with Gasteiger partial charge in [-0.05, 0) is 13.8 Å². The zero-order valence-electron chi connectivity index (χ0n) is 7.23. The highest BCUT2D eigenvalue weighted by atomic mass is 14.9. The molecule has 1 aromatic heterocycles. The van der Waals surface area contributed by atoms with E-state index < -0.39 is 0 Å². The standard InChI is InChI=1S/C8H12N4/c1-6(2)12-8(9)7-5-10-3-4-11-7/h3-6H,1-2H3,(H2,9,12). The molecule has 12 heavy (non-hydrogen) atoms. The van der Waals surface area contributed by atoms with Crippen LogP contribution < -0.4 is 5.73 Å². The van der Waals surface area contributed by atoms with Crippen molar-refractivity contribution in [1.82, 2.24) is 9.97 Å². The summed E-state index contributed by atoms with van der Waals surface area (Å²) >= 11 is 0. The molecule has 0 fully saturated rings. The van der Waals surface area contributed by atoms with Gasteiger partial charge in [0.15, 0.2) is 0 Å². The molecule has 0 amide bonds. The minimum absolute atomic E-state index is 0.187. The first kappa shape index (κ1) is 8.64. The fourth-order valence-corrected chi connectivity index (χ4v) is 0.776. The zero-order chi connectivity index (χ0) is 8.97. The molecule has 0 unspecified atom stereocenters. The van der Waals surface area contributed by atoms with Crippen LogP contribution in [0.3, 0.4) is 0 Å². The highest BCUT2D eigenvalue weighted by Gasteiger charge is 1.98. The van der Waals surface area contributed by atoms with Crippen LogP contribution in [0.4, 0.5) is 0 Å². The summed E-state index contributed by atoms with van der Waals surface area (Å²) in [6, 6.07) is 0.187. The Morgan fingerprint density at radius 2 is 2.25 bits per heavy atom. The average molecular weight is 164 g/mol. The Morgan fingerprint density at radius 1 is 1.50 bits per heavy atom. The number of hydrogen-bond donors (Lipinski definition) is 1. The summed E-state index contributed by atoms with van der Waals surface area (Å²) in [6.07, 6.45) is 4.80. The van der Waals surface area contributed by atoms with Crippen molar-refractivity contribution in [3.63, 3.8) is 0 Å². The Hall–Kier alpha value is -1.45. The van der Waals surface area contributed by atoms with E-state index in [0.717, 1.165) is 0 Å². The molecule has 1 aromatic rings. The first-order chi connectivity index (χ1) is 5.70. The normalized spacial score (nSPS) is 12.1. The van der Waals surface area contributed by atoms with Gasteiger partial charge in [0.25, 0.3) is 0 Å². The van der Waals surface area contributed by atoms with Gasteiger partial charge in [-0.3, -0.25) is 9.98 Å². The summed E-state index contributed by atoms with van der Waals surface area (Å²) < 4.78 is 0. The van der Waals surface area contributed by atoms with E-state index in [1.807, 2.05) is 13.8 Å². The van der Waals surface area contributed by atoms with Crippen LogP contribution in [0.2, 0.25) is 0 Å². The minimum atomic E-state index is 0.187. The fraction of sp³-hybridized carbons (Fsp3) is 0.375. The highest BCUT2D eigenvalue weighted by Crippen LogP contribution is 1.93. The number of nitrogens with two attached hydrogens (primary N) is 1. The van der Waals surface area contributed by atoms with Crippen LogP contribution in [0, 0.1) is 0 Å². The van der Waals surface area contributed by atoms with Gasteiger partial charge < -0.3 is 5.73 Å².